The maximum Gasteiger partial charge on any atom is 0.262 e. The van der Waals surface area contributed by atoms with Gasteiger partial charge in [-0.2, -0.15) is 0 Å². The Morgan fingerprint density at radius 2 is 1.70 bits per heavy atom. The molecule has 0 saturated heterocycles. The number of anilines is 1. The average molecular weight is 358 g/mol. The van der Waals surface area contributed by atoms with Gasteiger partial charge >= 0.3 is 0 Å². The molecule has 0 spiro atoms. The number of rotatable bonds is 6. The van der Waals surface area contributed by atoms with Gasteiger partial charge in [-0.05, 0) is 73.5 Å². The van der Waals surface area contributed by atoms with E-state index in [1.54, 1.807) is 6.21 Å². The molecule has 0 radical (unpaired) electrons. The van der Waals surface area contributed by atoms with Crippen LogP contribution in [0.2, 0.25) is 0 Å². The smallest absolute Gasteiger partial charge is 0.262 e. The van der Waals surface area contributed by atoms with Crippen molar-refractivity contribution in [3.63, 3.8) is 0 Å². The first-order valence-corrected chi connectivity index (χ1v) is 8.79. The molecule has 4 heteroatoms. The number of hydrogen-bond acceptors (Lipinski definition) is 3. The lowest BCUT2D eigenvalue weighted by Gasteiger charge is -2.08. The van der Waals surface area contributed by atoms with Crippen molar-refractivity contribution in [3.05, 3.63) is 89.5 Å². The topological polar surface area (TPSA) is 50.7 Å². The molecule has 0 aliphatic rings. The zero-order valence-corrected chi connectivity index (χ0v) is 15.5. The molecule has 0 aliphatic heterocycles. The van der Waals surface area contributed by atoms with Crippen LogP contribution in [0.15, 0.2) is 77.8 Å². The average Bonchev–Trinajstić information content (AvgIpc) is 2.67. The number of ether oxygens (including phenoxy) is 1. The van der Waals surface area contributed by atoms with Gasteiger partial charge in [0.2, 0.25) is 0 Å². The van der Waals surface area contributed by atoms with E-state index >= 15 is 0 Å². The Kier molecular flexibility index (Phi) is 6.00. The SMILES string of the molecule is Cc1ccc(N=Cc2ccc(OCC(=O)Nc3cccc(C)c3)cc2)cc1. The summed E-state index contributed by atoms with van der Waals surface area (Å²) < 4.78 is 5.54. The Balaban J connectivity index is 1.51. The largest absolute Gasteiger partial charge is 0.484 e. The summed E-state index contributed by atoms with van der Waals surface area (Å²) in [6, 6.07) is 23.2. The van der Waals surface area contributed by atoms with E-state index in [1.807, 2.05) is 86.6 Å². The lowest BCUT2D eigenvalue weighted by Crippen LogP contribution is -2.20. The molecule has 1 N–H and O–H groups in total. The number of carbonyl (C=O) groups excluding carboxylic acids is 1. The fourth-order valence-corrected chi connectivity index (χ4v) is 2.50. The van der Waals surface area contributed by atoms with Crippen molar-refractivity contribution >= 4 is 23.5 Å². The maximum absolute atomic E-state index is 12.0. The van der Waals surface area contributed by atoms with E-state index in [-0.39, 0.29) is 12.5 Å². The Labute approximate surface area is 159 Å². The van der Waals surface area contributed by atoms with Crippen molar-refractivity contribution in [2.24, 2.45) is 4.99 Å². The van der Waals surface area contributed by atoms with Gasteiger partial charge in [0.05, 0.1) is 5.69 Å². The molecule has 3 aromatic rings. The molecule has 1 amide bonds. The van der Waals surface area contributed by atoms with E-state index in [4.69, 9.17) is 4.74 Å². The van der Waals surface area contributed by atoms with Gasteiger partial charge in [-0.25, -0.2) is 0 Å². The zero-order chi connectivity index (χ0) is 19.1. The Bertz CT molecular complexity index is 929. The van der Waals surface area contributed by atoms with E-state index in [9.17, 15) is 4.79 Å². The lowest BCUT2D eigenvalue weighted by atomic mass is 10.2. The third-order valence-electron chi connectivity index (χ3n) is 3.95. The predicted octanol–water partition coefficient (Wildman–Crippen LogP) is 5.07. The molecule has 0 heterocycles. The number of amides is 1. The van der Waals surface area contributed by atoms with E-state index in [0.717, 1.165) is 22.5 Å². The summed E-state index contributed by atoms with van der Waals surface area (Å²) >= 11 is 0. The molecule has 0 aliphatic carbocycles. The highest BCUT2D eigenvalue weighted by atomic mass is 16.5. The molecule has 0 bridgehead atoms. The second-order valence-electron chi connectivity index (χ2n) is 6.37. The van der Waals surface area contributed by atoms with Crippen molar-refractivity contribution in [1.29, 1.82) is 0 Å². The lowest BCUT2D eigenvalue weighted by molar-refractivity contribution is -0.118. The maximum atomic E-state index is 12.0. The Morgan fingerprint density at radius 3 is 2.41 bits per heavy atom. The molecule has 0 aromatic heterocycles. The van der Waals surface area contributed by atoms with Crippen LogP contribution in [0.4, 0.5) is 11.4 Å². The van der Waals surface area contributed by atoms with Gasteiger partial charge in [-0.3, -0.25) is 9.79 Å². The molecule has 0 saturated carbocycles. The fraction of sp³-hybridized carbons (Fsp3) is 0.130. The number of carbonyl (C=O) groups is 1. The molecule has 4 nitrogen and oxygen atoms in total. The molecular weight excluding hydrogens is 336 g/mol. The van der Waals surface area contributed by atoms with Gasteiger partial charge in [-0.1, -0.05) is 29.8 Å². The van der Waals surface area contributed by atoms with Crippen molar-refractivity contribution in [1.82, 2.24) is 0 Å². The van der Waals surface area contributed by atoms with Gasteiger partial charge in [0.15, 0.2) is 6.61 Å². The number of aryl methyl sites for hydroxylation is 2. The summed E-state index contributed by atoms with van der Waals surface area (Å²) in [7, 11) is 0. The molecule has 136 valence electrons. The van der Waals surface area contributed by atoms with Gasteiger partial charge < -0.3 is 10.1 Å². The van der Waals surface area contributed by atoms with Crippen LogP contribution in [0.25, 0.3) is 0 Å². The molecule has 0 fully saturated rings. The monoisotopic (exact) mass is 358 g/mol. The van der Waals surface area contributed by atoms with Crippen LogP contribution in [0.5, 0.6) is 5.75 Å². The quantitative estimate of drug-likeness (QED) is 0.625. The Hall–Kier alpha value is -3.40. The van der Waals surface area contributed by atoms with Crippen molar-refractivity contribution in [2.75, 3.05) is 11.9 Å². The molecule has 0 atom stereocenters. The molecule has 3 rings (SSSR count). The summed E-state index contributed by atoms with van der Waals surface area (Å²) in [5.41, 5.74) is 4.95. The van der Waals surface area contributed by atoms with Crippen LogP contribution in [-0.4, -0.2) is 18.7 Å². The molecule has 0 unspecified atom stereocenters. The zero-order valence-electron chi connectivity index (χ0n) is 15.5. The third-order valence-corrected chi connectivity index (χ3v) is 3.95. The number of hydrogen-bond donors (Lipinski definition) is 1. The Morgan fingerprint density at radius 1 is 0.963 bits per heavy atom. The highest BCUT2D eigenvalue weighted by Crippen LogP contribution is 2.15. The standard InChI is InChI=1S/C23H22N2O2/c1-17-6-10-20(11-7-17)24-15-19-8-12-22(13-9-19)27-16-23(26)25-21-5-3-4-18(2)14-21/h3-15H,16H2,1-2H3,(H,25,26). The minimum absolute atomic E-state index is 0.0370. The molecule has 27 heavy (non-hydrogen) atoms. The summed E-state index contributed by atoms with van der Waals surface area (Å²) in [4.78, 5) is 16.4. The summed E-state index contributed by atoms with van der Waals surface area (Å²) in [6.45, 7) is 3.99. The highest BCUT2D eigenvalue weighted by molar-refractivity contribution is 5.92. The first kappa shape index (κ1) is 18.4. The van der Waals surface area contributed by atoms with E-state index in [0.29, 0.717) is 5.75 Å². The third kappa shape index (κ3) is 5.82. The van der Waals surface area contributed by atoms with Crippen LogP contribution in [0.3, 0.4) is 0 Å². The summed E-state index contributed by atoms with van der Waals surface area (Å²) in [5, 5.41) is 2.82. The first-order chi connectivity index (χ1) is 13.1. The van der Waals surface area contributed by atoms with E-state index in [2.05, 4.69) is 10.3 Å². The van der Waals surface area contributed by atoms with Crippen LogP contribution in [-0.2, 0) is 4.79 Å². The summed E-state index contributed by atoms with van der Waals surface area (Å²) in [5.74, 6) is 0.451. The number of aliphatic imine (C=N–C) groups is 1. The second-order valence-corrected chi connectivity index (χ2v) is 6.37. The fourth-order valence-electron chi connectivity index (χ4n) is 2.50. The summed E-state index contributed by atoms with van der Waals surface area (Å²) in [6.07, 6.45) is 1.80. The van der Waals surface area contributed by atoms with Gasteiger partial charge in [0.1, 0.15) is 5.75 Å². The predicted molar refractivity (Wildman–Crippen MR) is 110 cm³/mol. The number of nitrogens with zero attached hydrogens (tertiary/aromatic N) is 1. The van der Waals surface area contributed by atoms with Gasteiger partial charge in [0, 0.05) is 11.9 Å². The van der Waals surface area contributed by atoms with Crippen LogP contribution in [0, 0.1) is 13.8 Å². The van der Waals surface area contributed by atoms with Crippen LogP contribution in [0.1, 0.15) is 16.7 Å². The first-order valence-electron chi connectivity index (χ1n) is 8.79. The number of nitrogens with one attached hydrogen (secondary N) is 1. The minimum Gasteiger partial charge on any atom is -0.484 e. The van der Waals surface area contributed by atoms with Crippen molar-refractivity contribution < 1.29 is 9.53 Å². The van der Waals surface area contributed by atoms with Crippen molar-refractivity contribution in [3.8, 4) is 5.75 Å². The van der Waals surface area contributed by atoms with Gasteiger partial charge in [-0.15, -0.1) is 0 Å². The van der Waals surface area contributed by atoms with Crippen LogP contribution >= 0.6 is 0 Å². The van der Waals surface area contributed by atoms with E-state index < -0.39 is 0 Å². The molecular formula is C23H22N2O2. The van der Waals surface area contributed by atoms with Crippen LogP contribution < -0.4 is 10.1 Å². The van der Waals surface area contributed by atoms with Gasteiger partial charge in [0.25, 0.3) is 5.91 Å². The minimum atomic E-state index is -0.189. The normalized spacial score (nSPS) is 10.7. The van der Waals surface area contributed by atoms with E-state index in [1.165, 1.54) is 5.56 Å². The number of benzene rings is 3. The second kappa shape index (κ2) is 8.81. The van der Waals surface area contributed by atoms with Crippen molar-refractivity contribution in [2.45, 2.75) is 13.8 Å². The highest BCUT2D eigenvalue weighted by Gasteiger charge is 2.04. The molecule has 3 aromatic carbocycles.